The molecule has 0 aliphatic heterocycles. The maximum Gasteiger partial charge on any atom is 0.276 e. The van der Waals surface area contributed by atoms with Crippen LogP contribution in [0.2, 0.25) is 0 Å². The highest BCUT2D eigenvalue weighted by molar-refractivity contribution is 8.13. The van der Waals surface area contributed by atoms with Crippen LogP contribution in [0.5, 0.6) is 0 Å². The minimum atomic E-state index is -1.45. The zero-order valence-electron chi connectivity index (χ0n) is 11.2. The lowest BCUT2D eigenvalue weighted by Gasteiger charge is -2.17. The molecular formula is C13H14N2O5S. The Morgan fingerprint density at radius 3 is 2.71 bits per heavy atom. The highest BCUT2D eigenvalue weighted by atomic mass is 32.2. The lowest BCUT2D eigenvalue weighted by Crippen LogP contribution is -2.20. The molecule has 0 heterocycles. The average Bonchev–Trinajstić information content (AvgIpc) is 2.45. The van der Waals surface area contributed by atoms with Gasteiger partial charge in [-0.25, -0.2) is 0 Å². The molecule has 1 rings (SSSR count). The first-order valence-electron chi connectivity index (χ1n) is 6.04. The summed E-state index contributed by atoms with van der Waals surface area (Å²) in [7, 11) is 0. The number of carbonyl (C=O) groups excluding carboxylic acids is 1. The van der Waals surface area contributed by atoms with Crippen molar-refractivity contribution in [2.45, 2.75) is 25.6 Å². The monoisotopic (exact) mass is 310 g/mol. The van der Waals surface area contributed by atoms with Gasteiger partial charge in [-0.15, -0.1) is 0 Å². The van der Waals surface area contributed by atoms with Gasteiger partial charge in [0, 0.05) is 18.7 Å². The number of nitriles is 1. The minimum Gasteiger partial charge on any atom is -0.390 e. The van der Waals surface area contributed by atoms with Crippen molar-refractivity contribution in [2.75, 3.05) is 5.75 Å². The van der Waals surface area contributed by atoms with E-state index in [0.29, 0.717) is 5.75 Å². The van der Waals surface area contributed by atoms with Crippen LogP contribution in [0.4, 0.5) is 5.69 Å². The molecule has 8 heteroatoms. The summed E-state index contributed by atoms with van der Waals surface area (Å²) in [4.78, 5) is 21.0. The topological polar surface area (TPSA) is 124 Å². The van der Waals surface area contributed by atoms with E-state index >= 15 is 0 Å². The molecule has 0 aliphatic rings. The van der Waals surface area contributed by atoms with Crippen molar-refractivity contribution in [3.05, 3.63) is 39.4 Å². The zero-order valence-corrected chi connectivity index (χ0v) is 12.0. The predicted molar refractivity (Wildman–Crippen MR) is 76.5 cm³/mol. The number of hydrogen-bond donors (Lipinski definition) is 2. The van der Waals surface area contributed by atoms with Crippen molar-refractivity contribution in [1.82, 2.24) is 0 Å². The molecule has 112 valence electrons. The van der Waals surface area contributed by atoms with Crippen LogP contribution in [0.1, 0.15) is 30.6 Å². The van der Waals surface area contributed by atoms with Gasteiger partial charge in [-0.2, -0.15) is 5.26 Å². The molecule has 0 aliphatic carbocycles. The third-order valence-corrected chi connectivity index (χ3v) is 3.60. The fraction of sp³-hybridized carbons (Fsp3) is 0.385. The number of nitro benzene ring substituents is 1. The van der Waals surface area contributed by atoms with Gasteiger partial charge in [-0.1, -0.05) is 11.8 Å². The first-order chi connectivity index (χ1) is 9.86. The normalized spacial score (nSPS) is 13.2. The third kappa shape index (κ3) is 4.82. The van der Waals surface area contributed by atoms with E-state index in [2.05, 4.69) is 0 Å². The second-order valence-corrected chi connectivity index (χ2v) is 5.56. The van der Waals surface area contributed by atoms with Crippen molar-refractivity contribution in [2.24, 2.45) is 0 Å². The molecule has 0 bridgehead atoms. The fourth-order valence-corrected chi connectivity index (χ4v) is 2.36. The van der Waals surface area contributed by atoms with Crippen molar-refractivity contribution >= 4 is 22.6 Å². The quantitative estimate of drug-likeness (QED) is 0.603. The van der Waals surface area contributed by atoms with Crippen LogP contribution in [-0.2, 0) is 4.79 Å². The molecule has 7 nitrogen and oxygen atoms in total. The molecule has 1 aromatic carbocycles. The largest absolute Gasteiger partial charge is 0.390 e. The van der Waals surface area contributed by atoms with E-state index in [0.717, 1.165) is 17.8 Å². The van der Waals surface area contributed by atoms with Gasteiger partial charge in [0.05, 0.1) is 28.2 Å². The molecular weight excluding hydrogens is 296 g/mol. The van der Waals surface area contributed by atoms with Gasteiger partial charge in [-0.3, -0.25) is 14.9 Å². The Kier molecular flexibility index (Phi) is 6.30. The first kappa shape index (κ1) is 17.1. The van der Waals surface area contributed by atoms with Crippen LogP contribution in [0.3, 0.4) is 0 Å². The number of aliphatic hydroxyl groups excluding tert-OH is 2. The summed E-state index contributed by atoms with van der Waals surface area (Å²) in [5.74, 6) is 0.303. The molecule has 0 saturated carbocycles. The van der Waals surface area contributed by atoms with E-state index in [-0.39, 0.29) is 22.7 Å². The number of aliphatic hydroxyl groups is 2. The Labute approximate surface area is 125 Å². The second-order valence-electron chi connectivity index (χ2n) is 4.28. The SMILES string of the molecule is CC(=O)SCCC(O)C(O)c1ccc(C#N)cc1[N+](=O)[O-]. The highest BCUT2D eigenvalue weighted by Crippen LogP contribution is 2.29. The molecule has 0 aromatic heterocycles. The van der Waals surface area contributed by atoms with Gasteiger partial charge in [0.2, 0.25) is 0 Å². The van der Waals surface area contributed by atoms with E-state index in [1.807, 2.05) is 0 Å². The van der Waals surface area contributed by atoms with E-state index in [4.69, 9.17) is 5.26 Å². The van der Waals surface area contributed by atoms with Gasteiger partial charge >= 0.3 is 0 Å². The number of thioether (sulfide) groups is 1. The van der Waals surface area contributed by atoms with Crippen molar-refractivity contribution in [3.8, 4) is 6.07 Å². The molecule has 2 atom stereocenters. The lowest BCUT2D eigenvalue weighted by molar-refractivity contribution is -0.386. The molecule has 2 N–H and O–H groups in total. The molecule has 2 unspecified atom stereocenters. The number of rotatable bonds is 6. The molecule has 0 fully saturated rings. The van der Waals surface area contributed by atoms with Crippen molar-refractivity contribution < 1.29 is 19.9 Å². The molecule has 0 amide bonds. The van der Waals surface area contributed by atoms with Crippen LogP contribution in [-0.4, -0.2) is 32.1 Å². The Hall–Kier alpha value is -1.95. The predicted octanol–water partition coefficient (Wildman–Crippen LogP) is 1.53. The Morgan fingerprint density at radius 2 is 2.19 bits per heavy atom. The summed E-state index contributed by atoms with van der Waals surface area (Å²) < 4.78 is 0. The summed E-state index contributed by atoms with van der Waals surface area (Å²) in [6.07, 6.45) is -2.57. The van der Waals surface area contributed by atoms with E-state index in [9.17, 15) is 25.1 Å². The summed E-state index contributed by atoms with van der Waals surface area (Å²) in [6.45, 7) is 1.39. The molecule has 1 aromatic rings. The van der Waals surface area contributed by atoms with Gasteiger partial charge in [0.25, 0.3) is 5.69 Å². The number of benzene rings is 1. The summed E-state index contributed by atoms with van der Waals surface area (Å²) in [5, 5.41) is 39.5. The summed E-state index contributed by atoms with van der Waals surface area (Å²) >= 11 is 1.00. The van der Waals surface area contributed by atoms with Crippen LogP contribution in [0.25, 0.3) is 0 Å². The minimum absolute atomic E-state index is 0.0562. The van der Waals surface area contributed by atoms with Crippen LogP contribution >= 0.6 is 11.8 Å². The van der Waals surface area contributed by atoms with Crippen LogP contribution in [0.15, 0.2) is 18.2 Å². The zero-order chi connectivity index (χ0) is 16.0. The number of hydrogen-bond acceptors (Lipinski definition) is 7. The number of nitrogens with zero attached hydrogens (tertiary/aromatic N) is 2. The number of nitro groups is 1. The van der Waals surface area contributed by atoms with Crippen molar-refractivity contribution in [3.63, 3.8) is 0 Å². The van der Waals surface area contributed by atoms with Gasteiger partial charge in [0.15, 0.2) is 5.12 Å². The molecule has 0 radical (unpaired) electrons. The second kappa shape index (κ2) is 7.73. The lowest BCUT2D eigenvalue weighted by atomic mass is 9.99. The standard InChI is InChI=1S/C13H14N2O5S/c1-8(16)21-5-4-12(17)13(18)10-3-2-9(7-14)6-11(10)15(19)20/h2-3,6,12-13,17-18H,4-5H2,1H3. The summed E-state index contributed by atoms with van der Waals surface area (Å²) in [6, 6.07) is 5.41. The number of carbonyl (C=O) groups is 1. The van der Waals surface area contributed by atoms with E-state index in [1.54, 1.807) is 6.07 Å². The van der Waals surface area contributed by atoms with E-state index < -0.39 is 22.8 Å². The highest BCUT2D eigenvalue weighted by Gasteiger charge is 2.26. The Bertz CT molecular complexity index is 584. The van der Waals surface area contributed by atoms with Gasteiger partial charge in [-0.05, 0) is 18.6 Å². The van der Waals surface area contributed by atoms with Gasteiger partial charge < -0.3 is 10.2 Å². The Balaban J connectivity index is 2.91. The molecule has 0 spiro atoms. The van der Waals surface area contributed by atoms with E-state index in [1.165, 1.54) is 19.1 Å². The van der Waals surface area contributed by atoms with Gasteiger partial charge in [0.1, 0.15) is 6.10 Å². The first-order valence-corrected chi connectivity index (χ1v) is 7.03. The maximum absolute atomic E-state index is 11.0. The Morgan fingerprint density at radius 1 is 1.52 bits per heavy atom. The smallest absolute Gasteiger partial charge is 0.276 e. The fourth-order valence-electron chi connectivity index (χ4n) is 1.71. The average molecular weight is 310 g/mol. The van der Waals surface area contributed by atoms with Crippen molar-refractivity contribution in [1.29, 1.82) is 5.26 Å². The van der Waals surface area contributed by atoms with Crippen LogP contribution in [0, 0.1) is 21.4 Å². The summed E-state index contributed by atoms with van der Waals surface area (Å²) in [5.41, 5.74) is -0.376. The molecule has 0 saturated heterocycles. The maximum atomic E-state index is 11.0. The third-order valence-electron chi connectivity index (χ3n) is 2.76. The molecule has 21 heavy (non-hydrogen) atoms. The van der Waals surface area contributed by atoms with Crippen LogP contribution < -0.4 is 0 Å².